The van der Waals surface area contributed by atoms with Crippen molar-refractivity contribution in [2.45, 2.75) is 13.3 Å². The summed E-state index contributed by atoms with van der Waals surface area (Å²) in [5, 5.41) is 0.788. The second-order valence-corrected chi connectivity index (χ2v) is 4.67. The van der Waals surface area contributed by atoms with E-state index in [4.69, 9.17) is 15.2 Å². The van der Waals surface area contributed by atoms with Gasteiger partial charge in [-0.15, -0.1) is 0 Å². The van der Waals surface area contributed by atoms with Crippen LogP contribution in [0, 0.1) is 0 Å². The van der Waals surface area contributed by atoms with Gasteiger partial charge in [0.25, 0.3) is 0 Å². The lowest BCUT2D eigenvalue weighted by molar-refractivity contribution is 0.0528. The van der Waals surface area contributed by atoms with Crippen molar-refractivity contribution in [2.24, 2.45) is 0 Å². The third-order valence-corrected chi connectivity index (χ3v) is 3.61. The van der Waals surface area contributed by atoms with Crippen LogP contribution in [0.5, 0.6) is 0 Å². The van der Waals surface area contributed by atoms with Gasteiger partial charge in [0, 0.05) is 19.7 Å². The molecule has 0 unspecified atom stereocenters. The van der Waals surface area contributed by atoms with E-state index in [1.807, 2.05) is 0 Å². The fourth-order valence-corrected chi connectivity index (χ4v) is 2.71. The molecule has 18 heavy (non-hydrogen) atoms. The Bertz CT molecular complexity index is 414. The minimum absolute atomic E-state index is 0.249. The highest BCUT2D eigenvalue weighted by Crippen LogP contribution is 2.31. The summed E-state index contributed by atoms with van der Waals surface area (Å²) < 4.78 is 14.5. The van der Waals surface area contributed by atoms with E-state index < -0.39 is 5.97 Å². The Kier molecular flexibility index (Phi) is 4.38. The van der Waals surface area contributed by atoms with Crippen LogP contribution in [0.4, 0.5) is 10.8 Å². The highest BCUT2D eigenvalue weighted by Gasteiger charge is 2.25. The van der Waals surface area contributed by atoms with Crippen molar-refractivity contribution in [3.05, 3.63) is 5.56 Å². The SMILES string of the molecule is CCOC(=O)c1c(N)nsc1N1CCCOCC1. The molecule has 2 heterocycles. The van der Waals surface area contributed by atoms with E-state index in [0.29, 0.717) is 18.8 Å². The zero-order valence-electron chi connectivity index (χ0n) is 10.3. The Hall–Kier alpha value is -1.34. The Morgan fingerprint density at radius 3 is 3.17 bits per heavy atom. The zero-order chi connectivity index (χ0) is 13.0. The Balaban J connectivity index is 2.23. The number of anilines is 2. The van der Waals surface area contributed by atoms with Gasteiger partial charge in [-0.3, -0.25) is 0 Å². The van der Waals surface area contributed by atoms with Gasteiger partial charge in [0.05, 0.1) is 13.2 Å². The van der Waals surface area contributed by atoms with E-state index in [-0.39, 0.29) is 5.82 Å². The van der Waals surface area contributed by atoms with E-state index in [9.17, 15) is 4.79 Å². The average Bonchev–Trinajstić information content (AvgIpc) is 2.58. The molecule has 6 nitrogen and oxygen atoms in total. The lowest BCUT2D eigenvalue weighted by Crippen LogP contribution is -2.27. The van der Waals surface area contributed by atoms with Crippen LogP contribution in [-0.4, -0.2) is 43.3 Å². The number of nitrogens with zero attached hydrogens (tertiary/aromatic N) is 2. The standard InChI is InChI=1S/C11H17N3O3S/c1-2-17-11(15)8-9(12)13-18-10(8)14-4-3-6-16-7-5-14/h2-7H2,1H3,(H2,12,13). The van der Waals surface area contributed by atoms with E-state index in [1.54, 1.807) is 6.92 Å². The highest BCUT2D eigenvalue weighted by atomic mass is 32.1. The number of rotatable bonds is 3. The summed E-state index contributed by atoms with van der Waals surface area (Å²) in [5.41, 5.74) is 6.15. The Labute approximate surface area is 110 Å². The van der Waals surface area contributed by atoms with E-state index in [2.05, 4.69) is 9.27 Å². The van der Waals surface area contributed by atoms with Gasteiger partial charge in [-0.05, 0) is 24.9 Å². The highest BCUT2D eigenvalue weighted by molar-refractivity contribution is 7.11. The minimum Gasteiger partial charge on any atom is -0.462 e. The maximum atomic E-state index is 11.9. The molecule has 1 aromatic heterocycles. The number of nitrogen functional groups attached to an aromatic ring is 1. The summed E-state index contributed by atoms with van der Waals surface area (Å²) in [6.07, 6.45) is 0.931. The molecular formula is C11H17N3O3S. The monoisotopic (exact) mass is 271 g/mol. The van der Waals surface area contributed by atoms with Crippen molar-refractivity contribution in [3.8, 4) is 0 Å². The van der Waals surface area contributed by atoms with Crippen LogP contribution < -0.4 is 10.6 Å². The third-order valence-electron chi connectivity index (χ3n) is 2.69. The summed E-state index contributed by atoms with van der Waals surface area (Å²) in [6, 6.07) is 0. The summed E-state index contributed by atoms with van der Waals surface area (Å²) >= 11 is 1.24. The summed E-state index contributed by atoms with van der Waals surface area (Å²) in [4.78, 5) is 14.0. The number of carbonyl (C=O) groups is 1. The first kappa shape index (κ1) is 13.1. The zero-order valence-corrected chi connectivity index (χ0v) is 11.2. The molecule has 2 rings (SSSR count). The normalized spacial score (nSPS) is 16.4. The molecule has 0 amide bonds. The lowest BCUT2D eigenvalue weighted by Gasteiger charge is -2.20. The molecule has 0 atom stereocenters. The van der Waals surface area contributed by atoms with Gasteiger partial charge in [-0.2, -0.15) is 4.37 Å². The van der Waals surface area contributed by atoms with E-state index in [0.717, 1.165) is 31.1 Å². The first-order chi connectivity index (χ1) is 8.74. The van der Waals surface area contributed by atoms with Crippen LogP contribution >= 0.6 is 11.5 Å². The number of esters is 1. The predicted octanol–water partition coefficient (Wildman–Crippen LogP) is 1.13. The number of nitrogens with two attached hydrogens (primary N) is 1. The quantitative estimate of drug-likeness (QED) is 0.830. The molecule has 1 saturated heterocycles. The Morgan fingerprint density at radius 2 is 2.39 bits per heavy atom. The van der Waals surface area contributed by atoms with Crippen molar-refractivity contribution in [1.29, 1.82) is 0 Å². The molecule has 1 fully saturated rings. The van der Waals surface area contributed by atoms with Crippen molar-refractivity contribution >= 4 is 28.3 Å². The molecule has 2 N–H and O–H groups in total. The third kappa shape index (κ3) is 2.73. The molecule has 1 aliphatic rings. The lowest BCUT2D eigenvalue weighted by atomic mass is 10.3. The van der Waals surface area contributed by atoms with Crippen LogP contribution in [0.3, 0.4) is 0 Å². The van der Waals surface area contributed by atoms with Crippen molar-refractivity contribution in [1.82, 2.24) is 4.37 Å². The maximum Gasteiger partial charge on any atom is 0.345 e. The Morgan fingerprint density at radius 1 is 1.56 bits per heavy atom. The minimum atomic E-state index is -0.399. The van der Waals surface area contributed by atoms with Crippen LogP contribution in [0.1, 0.15) is 23.7 Å². The first-order valence-electron chi connectivity index (χ1n) is 5.99. The summed E-state index contributed by atoms with van der Waals surface area (Å²) in [7, 11) is 0. The molecule has 1 aromatic rings. The summed E-state index contributed by atoms with van der Waals surface area (Å²) in [5.74, 6) is -0.150. The smallest absolute Gasteiger partial charge is 0.345 e. The molecular weight excluding hydrogens is 254 g/mol. The molecule has 0 bridgehead atoms. The van der Waals surface area contributed by atoms with Gasteiger partial charge in [0.15, 0.2) is 5.82 Å². The molecule has 0 spiro atoms. The van der Waals surface area contributed by atoms with Crippen LogP contribution in [0.2, 0.25) is 0 Å². The predicted molar refractivity (Wildman–Crippen MR) is 70.1 cm³/mol. The topological polar surface area (TPSA) is 77.7 Å². The average molecular weight is 271 g/mol. The number of ether oxygens (including phenoxy) is 2. The van der Waals surface area contributed by atoms with Crippen molar-refractivity contribution in [2.75, 3.05) is 43.5 Å². The molecule has 0 aliphatic carbocycles. The first-order valence-corrected chi connectivity index (χ1v) is 6.76. The van der Waals surface area contributed by atoms with Gasteiger partial charge in [-0.1, -0.05) is 0 Å². The fraction of sp³-hybridized carbons (Fsp3) is 0.636. The van der Waals surface area contributed by atoms with Crippen LogP contribution in [0.25, 0.3) is 0 Å². The van der Waals surface area contributed by atoms with Gasteiger partial charge in [-0.25, -0.2) is 4.79 Å². The van der Waals surface area contributed by atoms with Gasteiger partial charge >= 0.3 is 5.97 Å². The summed E-state index contributed by atoms with van der Waals surface area (Å²) in [6.45, 7) is 5.09. The number of aromatic nitrogens is 1. The second kappa shape index (κ2) is 6.01. The van der Waals surface area contributed by atoms with Crippen LogP contribution in [-0.2, 0) is 9.47 Å². The molecule has 0 saturated carbocycles. The molecule has 1 aliphatic heterocycles. The second-order valence-electron chi connectivity index (χ2n) is 3.92. The number of carbonyl (C=O) groups excluding carboxylic acids is 1. The van der Waals surface area contributed by atoms with Gasteiger partial charge in [0.2, 0.25) is 0 Å². The molecule has 0 aromatic carbocycles. The molecule has 7 heteroatoms. The number of hydrogen-bond donors (Lipinski definition) is 1. The maximum absolute atomic E-state index is 11.9. The van der Waals surface area contributed by atoms with Crippen molar-refractivity contribution < 1.29 is 14.3 Å². The van der Waals surface area contributed by atoms with E-state index in [1.165, 1.54) is 11.5 Å². The molecule has 100 valence electrons. The fourth-order valence-electron chi connectivity index (χ4n) is 1.85. The van der Waals surface area contributed by atoms with Crippen LogP contribution in [0.15, 0.2) is 0 Å². The van der Waals surface area contributed by atoms with Gasteiger partial charge < -0.3 is 20.1 Å². The largest absolute Gasteiger partial charge is 0.462 e. The number of hydrogen-bond acceptors (Lipinski definition) is 7. The van der Waals surface area contributed by atoms with Gasteiger partial charge in [0.1, 0.15) is 10.6 Å². The molecule has 0 radical (unpaired) electrons. The van der Waals surface area contributed by atoms with Crippen molar-refractivity contribution in [3.63, 3.8) is 0 Å². The van der Waals surface area contributed by atoms with E-state index >= 15 is 0 Å².